The van der Waals surface area contributed by atoms with E-state index in [1.807, 2.05) is 29.3 Å². The SMILES string of the molecule is O=C(CC12CC3CC(CC(C3)C1)C2)Nc1cccc2c1CCN(CCCc1cnc[nH]1)C2=O. The quantitative estimate of drug-likeness (QED) is 0.653. The van der Waals surface area contributed by atoms with E-state index in [9.17, 15) is 9.59 Å². The summed E-state index contributed by atoms with van der Waals surface area (Å²) < 4.78 is 0. The number of nitrogens with zero attached hydrogens (tertiary/aromatic N) is 2. The van der Waals surface area contributed by atoms with Crippen LogP contribution in [0.25, 0.3) is 0 Å². The van der Waals surface area contributed by atoms with Gasteiger partial charge in [0.1, 0.15) is 0 Å². The maximum absolute atomic E-state index is 13.2. The van der Waals surface area contributed by atoms with Gasteiger partial charge >= 0.3 is 0 Å². The van der Waals surface area contributed by atoms with Gasteiger partial charge in [0.2, 0.25) is 5.91 Å². The number of carbonyl (C=O) groups excluding carboxylic acids is 2. The predicted octanol–water partition coefficient (Wildman–Crippen LogP) is 4.59. The Balaban J connectivity index is 1.10. The molecule has 4 saturated carbocycles. The average Bonchev–Trinajstić information content (AvgIpc) is 3.28. The first-order valence-corrected chi connectivity index (χ1v) is 12.8. The van der Waals surface area contributed by atoms with Crippen LogP contribution in [-0.2, 0) is 17.6 Å². The van der Waals surface area contributed by atoms with Crippen molar-refractivity contribution in [3.63, 3.8) is 0 Å². The number of anilines is 1. The monoisotopic (exact) mass is 446 g/mol. The van der Waals surface area contributed by atoms with Gasteiger partial charge < -0.3 is 15.2 Å². The number of aromatic nitrogens is 2. The van der Waals surface area contributed by atoms with Crippen molar-refractivity contribution in [1.29, 1.82) is 0 Å². The zero-order valence-corrected chi connectivity index (χ0v) is 19.3. The number of hydrogen-bond acceptors (Lipinski definition) is 3. The molecule has 174 valence electrons. The Morgan fingerprint density at radius 2 is 1.91 bits per heavy atom. The standard InChI is InChI=1S/C27H34N4O2/c32-25(15-27-12-18-9-19(13-27)11-20(10-18)14-27)30-24-5-1-4-23-22(24)6-8-31(26(23)33)7-2-3-21-16-28-17-29-21/h1,4-5,16-20H,2-3,6-15H2,(H,28,29)(H,30,32). The topological polar surface area (TPSA) is 78.1 Å². The molecule has 0 saturated heterocycles. The van der Waals surface area contributed by atoms with Crippen LogP contribution in [0.4, 0.5) is 5.69 Å². The van der Waals surface area contributed by atoms with E-state index in [4.69, 9.17) is 0 Å². The summed E-state index contributed by atoms with van der Waals surface area (Å²) in [6, 6.07) is 5.79. The Kier molecular flexibility index (Phi) is 5.27. The average molecular weight is 447 g/mol. The van der Waals surface area contributed by atoms with Crippen molar-refractivity contribution in [2.75, 3.05) is 18.4 Å². The Hall–Kier alpha value is -2.63. The second kappa shape index (κ2) is 8.30. The lowest BCUT2D eigenvalue weighted by molar-refractivity contribution is -0.124. The Labute approximate surface area is 195 Å². The van der Waals surface area contributed by atoms with Gasteiger partial charge in [-0.1, -0.05) is 6.07 Å². The molecule has 0 radical (unpaired) electrons. The van der Waals surface area contributed by atoms with Crippen LogP contribution in [0.5, 0.6) is 0 Å². The minimum absolute atomic E-state index is 0.0815. The highest BCUT2D eigenvalue weighted by molar-refractivity contribution is 6.00. The van der Waals surface area contributed by atoms with Gasteiger partial charge in [-0.3, -0.25) is 9.59 Å². The van der Waals surface area contributed by atoms with Crippen LogP contribution >= 0.6 is 0 Å². The number of hydrogen-bond donors (Lipinski definition) is 2. The molecule has 0 unspecified atom stereocenters. The number of amides is 2. The summed E-state index contributed by atoms with van der Waals surface area (Å²) in [6.45, 7) is 1.44. The molecule has 7 rings (SSSR count). The van der Waals surface area contributed by atoms with Crippen LogP contribution in [0.3, 0.4) is 0 Å². The molecule has 33 heavy (non-hydrogen) atoms. The van der Waals surface area contributed by atoms with Crippen molar-refractivity contribution in [2.45, 2.75) is 64.2 Å². The number of aromatic amines is 1. The van der Waals surface area contributed by atoms with Gasteiger partial charge in [0, 0.05) is 42.7 Å². The van der Waals surface area contributed by atoms with Crippen molar-refractivity contribution < 1.29 is 9.59 Å². The van der Waals surface area contributed by atoms with Gasteiger partial charge in [0.05, 0.1) is 6.33 Å². The van der Waals surface area contributed by atoms with Crippen molar-refractivity contribution in [2.24, 2.45) is 23.2 Å². The molecule has 2 amide bonds. The molecule has 6 nitrogen and oxygen atoms in total. The summed E-state index contributed by atoms with van der Waals surface area (Å²) in [5.74, 6) is 2.78. The molecule has 0 atom stereocenters. The van der Waals surface area contributed by atoms with E-state index in [0.29, 0.717) is 13.0 Å². The van der Waals surface area contributed by atoms with Gasteiger partial charge in [-0.15, -0.1) is 0 Å². The van der Waals surface area contributed by atoms with Gasteiger partial charge in [-0.2, -0.15) is 0 Å². The van der Waals surface area contributed by atoms with E-state index in [0.717, 1.165) is 66.1 Å². The zero-order chi connectivity index (χ0) is 22.4. The number of H-pyrrole nitrogens is 1. The van der Waals surface area contributed by atoms with Gasteiger partial charge in [-0.05, 0) is 98.7 Å². The number of nitrogens with one attached hydrogen (secondary N) is 2. The minimum atomic E-state index is 0.0815. The van der Waals surface area contributed by atoms with Gasteiger partial charge in [0.15, 0.2) is 0 Å². The molecule has 2 N–H and O–H groups in total. The van der Waals surface area contributed by atoms with E-state index in [1.54, 1.807) is 6.33 Å². The molecule has 4 bridgehead atoms. The number of rotatable bonds is 7. The summed E-state index contributed by atoms with van der Waals surface area (Å²) >= 11 is 0. The zero-order valence-electron chi connectivity index (χ0n) is 19.3. The van der Waals surface area contributed by atoms with Crippen molar-refractivity contribution in [3.05, 3.63) is 47.5 Å². The van der Waals surface area contributed by atoms with Gasteiger partial charge in [-0.25, -0.2) is 4.98 Å². The van der Waals surface area contributed by atoms with E-state index in [2.05, 4.69) is 15.3 Å². The Bertz CT molecular complexity index is 1010. The fraction of sp³-hybridized carbons (Fsp3) is 0.593. The maximum atomic E-state index is 13.2. The minimum Gasteiger partial charge on any atom is -0.348 e. The van der Waals surface area contributed by atoms with E-state index in [-0.39, 0.29) is 17.2 Å². The van der Waals surface area contributed by atoms with Crippen LogP contribution < -0.4 is 5.32 Å². The molecule has 2 heterocycles. The third kappa shape index (κ3) is 4.09. The molecular weight excluding hydrogens is 412 g/mol. The lowest BCUT2D eigenvalue weighted by Crippen LogP contribution is -2.47. The van der Waals surface area contributed by atoms with Crippen molar-refractivity contribution in [3.8, 4) is 0 Å². The summed E-state index contributed by atoms with van der Waals surface area (Å²) in [7, 11) is 0. The second-order valence-corrected chi connectivity index (χ2v) is 11.2. The Morgan fingerprint density at radius 3 is 2.61 bits per heavy atom. The summed E-state index contributed by atoms with van der Waals surface area (Å²) in [5.41, 5.74) is 3.92. The largest absolute Gasteiger partial charge is 0.348 e. The third-order valence-corrected chi connectivity index (χ3v) is 8.73. The molecule has 4 fully saturated rings. The molecule has 5 aliphatic rings. The molecule has 1 aliphatic heterocycles. The number of aryl methyl sites for hydroxylation is 1. The summed E-state index contributed by atoms with van der Waals surface area (Å²) in [6.07, 6.45) is 14.7. The molecule has 0 spiro atoms. The second-order valence-electron chi connectivity index (χ2n) is 11.2. The first-order valence-electron chi connectivity index (χ1n) is 12.8. The van der Waals surface area contributed by atoms with Crippen molar-refractivity contribution >= 4 is 17.5 Å². The van der Waals surface area contributed by atoms with E-state index < -0.39 is 0 Å². The normalized spacial score (nSPS) is 29.9. The van der Waals surface area contributed by atoms with Gasteiger partial charge in [0.25, 0.3) is 5.91 Å². The fourth-order valence-electron chi connectivity index (χ4n) is 7.83. The highest BCUT2D eigenvalue weighted by Gasteiger charge is 2.51. The fourth-order valence-corrected chi connectivity index (χ4v) is 7.83. The first-order chi connectivity index (χ1) is 16.1. The highest BCUT2D eigenvalue weighted by Crippen LogP contribution is 2.61. The highest BCUT2D eigenvalue weighted by atomic mass is 16.2. The lowest BCUT2D eigenvalue weighted by Gasteiger charge is -2.56. The Morgan fingerprint density at radius 1 is 1.15 bits per heavy atom. The molecule has 1 aromatic heterocycles. The first kappa shape index (κ1) is 20.9. The van der Waals surface area contributed by atoms with E-state index >= 15 is 0 Å². The lowest BCUT2D eigenvalue weighted by atomic mass is 9.49. The molecule has 2 aromatic rings. The summed E-state index contributed by atoms with van der Waals surface area (Å²) in [5, 5.41) is 3.22. The van der Waals surface area contributed by atoms with Crippen LogP contribution in [0.1, 0.15) is 73.0 Å². The molecule has 1 aromatic carbocycles. The van der Waals surface area contributed by atoms with Crippen LogP contribution in [0.2, 0.25) is 0 Å². The number of benzene rings is 1. The van der Waals surface area contributed by atoms with Crippen LogP contribution in [0.15, 0.2) is 30.7 Å². The van der Waals surface area contributed by atoms with Crippen LogP contribution in [0, 0.1) is 23.2 Å². The molecule has 4 aliphatic carbocycles. The maximum Gasteiger partial charge on any atom is 0.254 e. The summed E-state index contributed by atoms with van der Waals surface area (Å²) in [4.78, 5) is 35.4. The van der Waals surface area contributed by atoms with Crippen molar-refractivity contribution in [1.82, 2.24) is 14.9 Å². The van der Waals surface area contributed by atoms with Crippen LogP contribution in [-0.4, -0.2) is 39.8 Å². The smallest absolute Gasteiger partial charge is 0.254 e. The number of imidazole rings is 1. The molecular formula is C27H34N4O2. The number of carbonyl (C=O) groups is 2. The molecule has 6 heteroatoms. The number of fused-ring (bicyclic) bond motifs is 1. The third-order valence-electron chi connectivity index (χ3n) is 8.73. The predicted molar refractivity (Wildman–Crippen MR) is 127 cm³/mol. The van der Waals surface area contributed by atoms with E-state index in [1.165, 1.54) is 38.5 Å².